The van der Waals surface area contributed by atoms with Crippen LogP contribution in [0.3, 0.4) is 0 Å². The van der Waals surface area contributed by atoms with Crippen molar-refractivity contribution in [2.75, 3.05) is 6.54 Å². The van der Waals surface area contributed by atoms with Crippen LogP contribution < -0.4 is 0 Å². The Bertz CT molecular complexity index is 345. The zero-order chi connectivity index (χ0) is 11.4. The maximum atomic E-state index is 7.85. The molecule has 0 saturated carbocycles. The number of benzene rings is 1. The molecule has 2 rings (SSSR count). The molecule has 0 radical (unpaired) electrons. The van der Waals surface area contributed by atoms with Crippen molar-refractivity contribution < 1.29 is 0 Å². The minimum atomic E-state index is 0.509. The van der Waals surface area contributed by atoms with E-state index in [1.165, 1.54) is 5.56 Å². The number of rotatable bonds is 4. The van der Waals surface area contributed by atoms with Crippen molar-refractivity contribution in [1.82, 2.24) is 4.90 Å². The molecule has 1 N–H and O–H groups in total. The lowest BCUT2D eigenvalue weighted by Crippen LogP contribution is -2.33. The Morgan fingerprint density at radius 2 is 2.06 bits per heavy atom. The lowest BCUT2D eigenvalue weighted by Gasteiger charge is -2.26. The molecule has 1 unspecified atom stereocenters. The predicted molar refractivity (Wildman–Crippen MR) is 67.9 cm³/mol. The fourth-order valence-electron chi connectivity index (χ4n) is 2.36. The van der Waals surface area contributed by atoms with Crippen LogP contribution >= 0.6 is 0 Å². The van der Waals surface area contributed by atoms with E-state index in [2.05, 4.69) is 42.2 Å². The Morgan fingerprint density at radius 1 is 1.31 bits per heavy atom. The highest BCUT2D eigenvalue weighted by Gasteiger charge is 2.21. The Balaban J connectivity index is 1.84. The minimum absolute atomic E-state index is 0.509. The number of nitrogens with zero attached hydrogens (tertiary/aromatic N) is 1. The third kappa shape index (κ3) is 2.63. The molecule has 0 amide bonds. The summed E-state index contributed by atoms with van der Waals surface area (Å²) in [7, 11) is 0. The van der Waals surface area contributed by atoms with Gasteiger partial charge in [-0.05, 0) is 31.7 Å². The van der Waals surface area contributed by atoms with Gasteiger partial charge in [0, 0.05) is 19.0 Å². The molecule has 1 aromatic rings. The van der Waals surface area contributed by atoms with Crippen molar-refractivity contribution in [1.29, 1.82) is 5.41 Å². The van der Waals surface area contributed by atoms with E-state index < -0.39 is 0 Å². The van der Waals surface area contributed by atoms with Gasteiger partial charge in [-0.2, -0.15) is 0 Å². The van der Waals surface area contributed by atoms with Crippen molar-refractivity contribution >= 4 is 5.84 Å². The van der Waals surface area contributed by atoms with Gasteiger partial charge >= 0.3 is 0 Å². The number of hydrogen-bond donors (Lipinski definition) is 1. The molecule has 2 heteroatoms. The summed E-state index contributed by atoms with van der Waals surface area (Å²) in [5, 5.41) is 7.85. The highest BCUT2D eigenvalue weighted by atomic mass is 15.2. The second-order valence-electron chi connectivity index (χ2n) is 4.62. The van der Waals surface area contributed by atoms with Crippen molar-refractivity contribution in [2.45, 2.75) is 38.6 Å². The average molecular weight is 216 g/mol. The van der Waals surface area contributed by atoms with E-state index in [9.17, 15) is 0 Å². The van der Waals surface area contributed by atoms with Gasteiger partial charge < -0.3 is 4.90 Å². The maximum absolute atomic E-state index is 7.85. The number of nitrogens with one attached hydrogen (secondary N) is 1. The molecular formula is C14H20N2. The maximum Gasteiger partial charge on any atom is 0.0960 e. The Hall–Kier alpha value is -1.31. The molecule has 16 heavy (non-hydrogen) atoms. The van der Waals surface area contributed by atoms with Gasteiger partial charge in [0.1, 0.15) is 0 Å². The summed E-state index contributed by atoms with van der Waals surface area (Å²) in [6.07, 6.45) is 4.39. The monoisotopic (exact) mass is 216 g/mol. The number of aryl methyl sites for hydroxylation is 1. The molecule has 1 fully saturated rings. The van der Waals surface area contributed by atoms with Crippen molar-refractivity contribution in [3.63, 3.8) is 0 Å². The van der Waals surface area contributed by atoms with E-state index in [0.29, 0.717) is 6.04 Å². The Morgan fingerprint density at radius 3 is 2.69 bits per heavy atom. The second kappa shape index (κ2) is 5.15. The molecule has 2 nitrogen and oxygen atoms in total. The van der Waals surface area contributed by atoms with Gasteiger partial charge in [0.15, 0.2) is 0 Å². The average Bonchev–Trinajstić information content (AvgIpc) is 2.74. The van der Waals surface area contributed by atoms with Crippen molar-refractivity contribution in [3.8, 4) is 0 Å². The van der Waals surface area contributed by atoms with Crippen LogP contribution in [0.25, 0.3) is 0 Å². The lowest BCUT2D eigenvalue weighted by molar-refractivity contribution is 0.336. The summed E-state index contributed by atoms with van der Waals surface area (Å²) in [5.41, 5.74) is 1.40. The lowest BCUT2D eigenvalue weighted by atomic mass is 10.1. The van der Waals surface area contributed by atoms with E-state index in [0.717, 1.165) is 38.1 Å². The first kappa shape index (κ1) is 11.2. The Labute approximate surface area is 97.8 Å². The zero-order valence-electron chi connectivity index (χ0n) is 9.95. The van der Waals surface area contributed by atoms with E-state index in [1.807, 2.05) is 0 Å². The summed E-state index contributed by atoms with van der Waals surface area (Å²) < 4.78 is 0. The third-order valence-electron chi connectivity index (χ3n) is 3.38. The van der Waals surface area contributed by atoms with E-state index in [4.69, 9.17) is 5.41 Å². The van der Waals surface area contributed by atoms with Gasteiger partial charge in [0.25, 0.3) is 0 Å². The predicted octanol–water partition coefficient (Wildman–Crippen LogP) is 3.08. The highest BCUT2D eigenvalue weighted by Crippen LogP contribution is 2.17. The molecule has 0 aliphatic carbocycles. The highest BCUT2D eigenvalue weighted by molar-refractivity contribution is 5.81. The fourth-order valence-corrected chi connectivity index (χ4v) is 2.36. The topological polar surface area (TPSA) is 27.1 Å². The molecule has 0 spiro atoms. The van der Waals surface area contributed by atoms with Gasteiger partial charge in [0.2, 0.25) is 0 Å². The van der Waals surface area contributed by atoms with Crippen LogP contribution in [-0.2, 0) is 6.42 Å². The van der Waals surface area contributed by atoms with Gasteiger partial charge in [0.05, 0.1) is 5.84 Å². The van der Waals surface area contributed by atoms with Crippen molar-refractivity contribution in [2.24, 2.45) is 0 Å². The first-order valence-corrected chi connectivity index (χ1v) is 6.15. The number of hydrogen-bond acceptors (Lipinski definition) is 1. The number of likely N-dealkylation sites (tertiary alicyclic amines) is 1. The summed E-state index contributed by atoms with van der Waals surface area (Å²) in [6.45, 7) is 3.32. The minimum Gasteiger partial charge on any atom is -0.358 e. The van der Waals surface area contributed by atoms with Crippen molar-refractivity contribution in [3.05, 3.63) is 35.9 Å². The number of amidine groups is 1. The zero-order valence-corrected chi connectivity index (χ0v) is 9.95. The molecule has 1 saturated heterocycles. The quantitative estimate of drug-likeness (QED) is 0.822. The largest absolute Gasteiger partial charge is 0.358 e. The van der Waals surface area contributed by atoms with Gasteiger partial charge in [-0.1, -0.05) is 30.3 Å². The van der Waals surface area contributed by atoms with Gasteiger partial charge in [-0.15, -0.1) is 0 Å². The molecule has 1 atom stereocenters. The summed E-state index contributed by atoms with van der Waals surface area (Å²) in [5.74, 6) is 0.834. The Kier molecular flexibility index (Phi) is 3.60. The molecule has 1 heterocycles. The SMILES string of the molecule is CC(CCc1ccccc1)N1CCCC1=N. The van der Waals surface area contributed by atoms with Crippen LogP contribution in [0, 0.1) is 5.41 Å². The van der Waals surface area contributed by atoms with Crippen LogP contribution in [0.15, 0.2) is 30.3 Å². The summed E-state index contributed by atoms with van der Waals surface area (Å²) >= 11 is 0. The smallest absolute Gasteiger partial charge is 0.0960 e. The van der Waals surface area contributed by atoms with E-state index >= 15 is 0 Å². The third-order valence-corrected chi connectivity index (χ3v) is 3.38. The molecule has 1 aromatic carbocycles. The normalized spacial score (nSPS) is 17.8. The summed E-state index contributed by atoms with van der Waals surface area (Å²) in [4.78, 5) is 2.25. The molecule has 0 aromatic heterocycles. The first-order chi connectivity index (χ1) is 7.77. The van der Waals surface area contributed by atoms with Crippen LogP contribution in [0.4, 0.5) is 0 Å². The van der Waals surface area contributed by atoms with Crippen LogP contribution in [-0.4, -0.2) is 23.3 Å². The fraction of sp³-hybridized carbons (Fsp3) is 0.500. The standard InChI is InChI=1S/C14H20N2/c1-12(16-11-5-8-14(16)15)9-10-13-6-3-2-4-7-13/h2-4,6-7,12,15H,5,8-11H2,1H3. The van der Waals surface area contributed by atoms with Gasteiger partial charge in [-0.3, -0.25) is 5.41 Å². The van der Waals surface area contributed by atoms with Crippen LogP contribution in [0.5, 0.6) is 0 Å². The van der Waals surface area contributed by atoms with Crippen LogP contribution in [0.1, 0.15) is 31.7 Å². The van der Waals surface area contributed by atoms with E-state index in [1.54, 1.807) is 0 Å². The molecule has 86 valence electrons. The van der Waals surface area contributed by atoms with Crippen LogP contribution in [0.2, 0.25) is 0 Å². The van der Waals surface area contributed by atoms with Gasteiger partial charge in [-0.25, -0.2) is 0 Å². The molecule has 1 aliphatic rings. The first-order valence-electron chi connectivity index (χ1n) is 6.15. The van der Waals surface area contributed by atoms with E-state index in [-0.39, 0.29) is 0 Å². The second-order valence-corrected chi connectivity index (χ2v) is 4.62. The summed E-state index contributed by atoms with van der Waals surface area (Å²) in [6, 6.07) is 11.1. The molecule has 0 bridgehead atoms. The molecule has 1 aliphatic heterocycles. The molecular weight excluding hydrogens is 196 g/mol.